The number of alkyl halides is 3. The summed E-state index contributed by atoms with van der Waals surface area (Å²) in [6.07, 6.45) is -0.261. The molecule has 12 heteroatoms. The SMILES string of the molecule is Cc1cc(C)c(N2CCCSC2=NC(=O)N=CCc2ccc(-c3ncn(-c4ccc(OC(F)(F)F)cc4)n3)cc2)c(C)c1. The summed E-state index contributed by atoms with van der Waals surface area (Å²) in [6.45, 7) is 7.04. The number of hydrogen-bond donors (Lipinski definition) is 0. The molecule has 222 valence electrons. The molecule has 2 amide bonds. The van der Waals surface area contributed by atoms with Gasteiger partial charge in [-0.15, -0.1) is 18.3 Å². The third-order valence-corrected chi connectivity index (χ3v) is 7.71. The predicted molar refractivity (Wildman–Crippen MR) is 164 cm³/mol. The Kier molecular flexibility index (Phi) is 8.95. The molecule has 2 heterocycles. The van der Waals surface area contributed by atoms with Gasteiger partial charge in [0.15, 0.2) is 11.0 Å². The number of aliphatic imine (C=N–C) groups is 2. The standard InChI is InChI=1S/C31H29F3N6O2S/c1-20-17-21(2)27(22(3)18-20)39-15-4-16-43-30(39)37-29(41)35-14-13-23-5-7-24(8-6-23)28-36-19-40(38-28)25-9-11-26(12-10-25)42-31(32,33)34/h5-12,14,17-19H,4,13,15-16H2,1-3H3. The van der Waals surface area contributed by atoms with Crippen LogP contribution in [-0.2, 0) is 6.42 Å². The zero-order valence-corrected chi connectivity index (χ0v) is 24.6. The van der Waals surface area contributed by atoms with E-state index in [0.29, 0.717) is 23.1 Å². The number of urea groups is 1. The monoisotopic (exact) mass is 606 g/mol. The molecular formula is C31H29F3N6O2S. The Labute approximate surface area is 251 Å². The van der Waals surface area contributed by atoms with Crippen LogP contribution in [0.1, 0.15) is 28.7 Å². The normalized spacial score (nSPS) is 14.9. The van der Waals surface area contributed by atoms with E-state index in [9.17, 15) is 18.0 Å². The molecule has 1 aromatic heterocycles. The molecular weight excluding hydrogens is 577 g/mol. The van der Waals surface area contributed by atoms with Crippen LogP contribution < -0.4 is 9.64 Å². The first-order valence-corrected chi connectivity index (χ1v) is 14.5. The van der Waals surface area contributed by atoms with Crippen LogP contribution in [0.3, 0.4) is 0 Å². The molecule has 0 aliphatic carbocycles. The third-order valence-electron chi connectivity index (χ3n) is 6.65. The molecule has 0 bridgehead atoms. The zero-order valence-electron chi connectivity index (χ0n) is 23.8. The Morgan fingerprint density at radius 2 is 1.74 bits per heavy atom. The van der Waals surface area contributed by atoms with Gasteiger partial charge < -0.3 is 9.64 Å². The van der Waals surface area contributed by atoms with Gasteiger partial charge in [0.2, 0.25) is 0 Å². The highest BCUT2D eigenvalue weighted by atomic mass is 32.2. The number of carbonyl (C=O) groups excluding carboxylic acids is 1. The lowest BCUT2D eigenvalue weighted by molar-refractivity contribution is -0.274. The second-order valence-electron chi connectivity index (χ2n) is 10.0. The van der Waals surface area contributed by atoms with E-state index in [1.54, 1.807) is 18.0 Å². The summed E-state index contributed by atoms with van der Waals surface area (Å²) in [4.78, 5) is 27.4. The molecule has 43 heavy (non-hydrogen) atoms. The number of carbonyl (C=O) groups is 1. The summed E-state index contributed by atoms with van der Waals surface area (Å²) in [5.41, 5.74) is 6.84. The second kappa shape index (κ2) is 12.8. The van der Waals surface area contributed by atoms with Gasteiger partial charge in [-0.25, -0.2) is 19.5 Å². The third kappa shape index (κ3) is 7.69. The van der Waals surface area contributed by atoms with Gasteiger partial charge in [0.25, 0.3) is 0 Å². The number of thioether (sulfide) groups is 1. The summed E-state index contributed by atoms with van der Waals surface area (Å²) in [5.74, 6) is 1.04. The van der Waals surface area contributed by atoms with E-state index >= 15 is 0 Å². The smallest absolute Gasteiger partial charge is 0.406 e. The van der Waals surface area contributed by atoms with Crippen molar-refractivity contribution in [3.05, 3.63) is 89.2 Å². The van der Waals surface area contributed by atoms with Gasteiger partial charge in [-0.1, -0.05) is 53.7 Å². The van der Waals surface area contributed by atoms with E-state index in [1.807, 2.05) is 24.3 Å². The molecule has 5 rings (SSSR count). The Hall–Kier alpha value is -4.45. The molecule has 0 atom stereocenters. The van der Waals surface area contributed by atoms with Crippen LogP contribution in [0, 0.1) is 20.8 Å². The summed E-state index contributed by atoms with van der Waals surface area (Å²) in [6, 6.07) is 16.6. The van der Waals surface area contributed by atoms with Crippen LogP contribution in [0.15, 0.2) is 77.0 Å². The molecule has 1 fully saturated rings. The summed E-state index contributed by atoms with van der Waals surface area (Å²) in [7, 11) is 0. The zero-order chi connectivity index (χ0) is 30.6. The lowest BCUT2D eigenvalue weighted by Crippen LogP contribution is -2.35. The largest absolute Gasteiger partial charge is 0.573 e. The fraction of sp³-hybridized carbons (Fsp3) is 0.258. The summed E-state index contributed by atoms with van der Waals surface area (Å²) < 4.78 is 42.6. The van der Waals surface area contributed by atoms with Crippen LogP contribution in [-0.4, -0.2) is 50.8 Å². The molecule has 0 unspecified atom stereocenters. The highest BCUT2D eigenvalue weighted by Crippen LogP contribution is 2.32. The topological polar surface area (TPSA) is 85.0 Å². The first kappa shape index (κ1) is 30.0. The molecule has 1 saturated heterocycles. The highest BCUT2D eigenvalue weighted by molar-refractivity contribution is 8.14. The minimum absolute atomic E-state index is 0.313. The molecule has 1 aliphatic heterocycles. The van der Waals surface area contributed by atoms with Gasteiger partial charge in [0.05, 0.1) is 5.69 Å². The van der Waals surface area contributed by atoms with Gasteiger partial charge in [-0.2, -0.15) is 4.99 Å². The molecule has 0 radical (unpaired) electrons. The van der Waals surface area contributed by atoms with E-state index < -0.39 is 12.4 Å². The Balaban J connectivity index is 1.20. The van der Waals surface area contributed by atoms with Crippen molar-refractivity contribution in [3.8, 4) is 22.8 Å². The lowest BCUT2D eigenvalue weighted by Gasteiger charge is -2.32. The van der Waals surface area contributed by atoms with Gasteiger partial charge in [0.1, 0.15) is 12.1 Å². The maximum absolute atomic E-state index is 12.6. The van der Waals surface area contributed by atoms with Crippen molar-refractivity contribution in [2.24, 2.45) is 9.98 Å². The van der Waals surface area contributed by atoms with Crippen LogP contribution in [0.2, 0.25) is 0 Å². The average Bonchev–Trinajstić information content (AvgIpc) is 3.44. The number of benzene rings is 3. The van der Waals surface area contributed by atoms with Gasteiger partial charge in [-0.05, 0) is 68.1 Å². The first-order valence-electron chi connectivity index (χ1n) is 13.6. The van der Waals surface area contributed by atoms with Crippen molar-refractivity contribution < 1.29 is 22.7 Å². The number of amides is 2. The summed E-state index contributed by atoms with van der Waals surface area (Å²) >= 11 is 1.57. The van der Waals surface area contributed by atoms with Crippen LogP contribution in [0.4, 0.5) is 23.7 Å². The van der Waals surface area contributed by atoms with Crippen molar-refractivity contribution in [2.75, 3.05) is 17.2 Å². The van der Waals surface area contributed by atoms with Crippen molar-refractivity contribution in [2.45, 2.75) is 40.0 Å². The molecule has 4 aromatic rings. The van der Waals surface area contributed by atoms with Crippen molar-refractivity contribution >= 4 is 34.9 Å². The minimum Gasteiger partial charge on any atom is -0.406 e. The first-order chi connectivity index (χ1) is 20.6. The van der Waals surface area contributed by atoms with Gasteiger partial charge in [-0.3, -0.25) is 0 Å². The van der Waals surface area contributed by atoms with E-state index in [1.165, 1.54) is 40.8 Å². The maximum Gasteiger partial charge on any atom is 0.573 e. The predicted octanol–water partition coefficient (Wildman–Crippen LogP) is 7.49. The minimum atomic E-state index is -4.75. The number of aryl methyl sites for hydroxylation is 3. The average molecular weight is 607 g/mol. The highest BCUT2D eigenvalue weighted by Gasteiger charge is 2.31. The second-order valence-corrected chi connectivity index (χ2v) is 11.1. The Morgan fingerprint density at radius 3 is 2.42 bits per heavy atom. The molecule has 1 aliphatic rings. The Bertz CT molecular complexity index is 1640. The van der Waals surface area contributed by atoms with Gasteiger partial charge in [0, 0.05) is 36.2 Å². The molecule has 0 spiro atoms. The quantitative estimate of drug-likeness (QED) is 0.212. The number of hydrogen-bond acceptors (Lipinski definition) is 5. The molecule has 0 N–H and O–H groups in total. The molecule has 0 saturated carbocycles. The van der Waals surface area contributed by atoms with Crippen molar-refractivity contribution in [1.29, 1.82) is 0 Å². The number of amidine groups is 1. The Morgan fingerprint density at radius 1 is 1.05 bits per heavy atom. The van der Waals surface area contributed by atoms with Crippen LogP contribution in [0.5, 0.6) is 5.75 Å². The van der Waals surface area contributed by atoms with Crippen molar-refractivity contribution in [3.63, 3.8) is 0 Å². The van der Waals surface area contributed by atoms with E-state index in [0.717, 1.165) is 46.7 Å². The number of anilines is 1. The lowest BCUT2D eigenvalue weighted by atomic mass is 10.0. The number of rotatable bonds is 6. The fourth-order valence-electron chi connectivity index (χ4n) is 4.91. The van der Waals surface area contributed by atoms with E-state index in [-0.39, 0.29) is 5.75 Å². The maximum atomic E-state index is 12.6. The van der Waals surface area contributed by atoms with Crippen molar-refractivity contribution in [1.82, 2.24) is 14.8 Å². The fourth-order valence-corrected chi connectivity index (χ4v) is 5.84. The number of halogens is 3. The number of ether oxygens (including phenoxy) is 1. The number of aromatic nitrogens is 3. The summed E-state index contributed by atoms with van der Waals surface area (Å²) in [5, 5.41) is 5.09. The molecule has 8 nitrogen and oxygen atoms in total. The van der Waals surface area contributed by atoms with Gasteiger partial charge >= 0.3 is 12.4 Å². The van der Waals surface area contributed by atoms with E-state index in [4.69, 9.17) is 0 Å². The molecule has 3 aromatic carbocycles. The van der Waals surface area contributed by atoms with E-state index in [2.05, 4.69) is 62.6 Å². The van der Waals surface area contributed by atoms with Crippen LogP contribution >= 0.6 is 11.8 Å². The number of nitrogens with zero attached hydrogens (tertiary/aromatic N) is 6. The van der Waals surface area contributed by atoms with Crippen LogP contribution in [0.25, 0.3) is 17.1 Å².